The Morgan fingerprint density at radius 1 is 1.20 bits per heavy atom. The Morgan fingerprint density at radius 3 is 2.83 bits per heavy atom. The van der Waals surface area contributed by atoms with Crippen molar-refractivity contribution in [2.45, 2.75) is 63.7 Å². The number of imidazole rings is 1. The molecule has 1 aliphatic heterocycles. The van der Waals surface area contributed by atoms with E-state index in [0.29, 0.717) is 48.8 Å². The number of fused-ring (bicyclic) bond motifs is 7. The monoisotopic (exact) mass is 490 g/mol. The first kappa shape index (κ1) is 24.7. The zero-order valence-corrected chi connectivity index (χ0v) is 19.8. The molecule has 11 heteroatoms. The minimum Gasteiger partial charge on any atom is -0.475 e. The van der Waals surface area contributed by atoms with Crippen LogP contribution in [0.4, 0.5) is 18.0 Å². The Hall–Kier alpha value is -3.37. The molecule has 0 saturated carbocycles. The van der Waals surface area contributed by atoms with Gasteiger partial charge in [-0.05, 0) is 44.7 Å². The molecule has 0 aliphatic carbocycles. The summed E-state index contributed by atoms with van der Waals surface area (Å²) < 4.78 is 46.4. The molecule has 188 valence electrons. The summed E-state index contributed by atoms with van der Waals surface area (Å²) in [5.41, 5.74) is 2.70. The molecule has 35 heavy (non-hydrogen) atoms. The van der Waals surface area contributed by atoms with Gasteiger partial charge in [-0.3, -0.25) is 4.98 Å². The van der Waals surface area contributed by atoms with E-state index < -0.39 is 30.7 Å². The van der Waals surface area contributed by atoms with Crippen LogP contribution in [0.25, 0.3) is 16.9 Å². The van der Waals surface area contributed by atoms with E-state index in [2.05, 4.69) is 20.3 Å². The summed E-state index contributed by atoms with van der Waals surface area (Å²) in [6, 6.07) is 2.26. The molecule has 8 nitrogen and oxygen atoms in total. The number of carbonyl (C=O) groups excluding carboxylic acids is 1. The van der Waals surface area contributed by atoms with Crippen molar-refractivity contribution in [1.82, 2.24) is 29.6 Å². The van der Waals surface area contributed by atoms with Gasteiger partial charge in [0.15, 0.2) is 0 Å². The third kappa shape index (κ3) is 6.20. The van der Waals surface area contributed by atoms with Gasteiger partial charge in [0.25, 0.3) is 5.88 Å². The fourth-order valence-electron chi connectivity index (χ4n) is 4.09. The van der Waals surface area contributed by atoms with Gasteiger partial charge in [0.2, 0.25) is 5.65 Å². The number of alkyl halides is 3. The van der Waals surface area contributed by atoms with E-state index >= 15 is 0 Å². The molecule has 4 rings (SSSR count). The number of ether oxygens (including phenoxy) is 1. The highest BCUT2D eigenvalue weighted by molar-refractivity contribution is 5.74. The second-order valence-corrected chi connectivity index (χ2v) is 8.84. The van der Waals surface area contributed by atoms with E-state index in [0.717, 1.165) is 12.0 Å². The van der Waals surface area contributed by atoms with Gasteiger partial charge in [-0.25, -0.2) is 14.8 Å². The molecule has 1 N–H and O–H groups in total. The Bertz CT molecular complexity index is 1170. The summed E-state index contributed by atoms with van der Waals surface area (Å²) in [5, 5.41) is 2.80. The number of aromatic nitrogens is 4. The Labute approximate surface area is 201 Å². The quantitative estimate of drug-likeness (QED) is 0.537. The van der Waals surface area contributed by atoms with Gasteiger partial charge in [-0.15, -0.1) is 0 Å². The Kier molecular flexibility index (Phi) is 7.42. The highest BCUT2D eigenvalue weighted by Gasteiger charge is 2.29. The molecule has 3 aromatic rings. The van der Waals surface area contributed by atoms with E-state index in [1.165, 1.54) is 4.90 Å². The number of carbonyl (C=O) groups is 1. The lowest BCUT2D eigenvalue weighted by molar-refractivity contribution is -0.136. The number of rotatable bonds is 2. The highest BCUT2D eigenvalue weighted by atomic mass is 19.4. The van der Waals surface area contributed by atoms with Gasteiger partial charge in [0.05, 0.1) is 24.0 Å². The van der Waals surface area contributed by atoms with Crippen LogP contribution in [0.5, 0.6) is 5.88 Å². The van der Waals surface area contributed by atoms with Crippen molar-refractivity contribution in [3.8, 4) is 17.1 Å². The van der Waals surface area contributed by atoms with Crippen molar-refractivity contribution >= 4 is 11.7 Å². The molecule has 0 spiro atoms. The van der Waals surface area contributed by atoms with Gasteiger partial charge in [0, 0.05) is 49.9 Å². The molecular formula is C24H29F3N6O2. The van der Waals surface area contributed by atoms with E-state index in [9.17, 15) is 18.0 Å². The molecule has 0 saturated heterocycles. The van der Waals surface area contributed by atoms with Crippen molar-refractivity contribution in [3.63, 3.8) is 0 Å². The van der Waals surface area contributed by atoms with Crippen LogP contribution in [0.3, 0.4) is 0 Å². The molecule has 2 atom stereocenters. The normalized spacial score (nSPS) is 20.3. The SMILES string of the molecule is C[C@@H]1c2cc(ccn2)-c2cn3ccnc3c(n2)OCCCCC[C@H](CCC(F)(F)F)NC(=O)N1C. The maximum Gasteiger partial charge on any atom is 0.389 e. The smallest absolute Gasteiger partial charge is 0.389 e. The predicted molar refractivity (Wildman–Crippen MR) is 124 cm³/mol. The van der Waals surface area contributed by atoms with Crippen LogP contribution in [-0.2, 0) is 0 Å². The van der Waals surface area contributed by atoms with Gasteiger partial charge >= 0.3 is 12.2 Å². The molecule has 2 amide bonds. The average Bonchev–Trinajstić information content (AvgIpc) is 3.31. The number of amides is 2. The molecule has 4 heterocycles. The third-order valence-corrected chi connectivity index (χ3v) is 6.29. The van der Waals surface area contributed by atoms with Crippen LogP contribution >= 0.6 is 0 Å². The summed E-state index contributed by atoms with van der Waals surface area (Å²) in [6.07, 6.45) is 4.21. The number of hydrogen-bond donors (Lipinski definition) is 1. The van der Waals surface area contributed by atoms with Crippen LogP contribution < -0.4 is 10.1 Å². The first-order valence-corrected chi connectivity index (χ1v) is 11.7. The van der Waals surface area contributed by atoms with Crippen molar-refractivity contribution < 1.29 is 22.7 Å². The molecule has 0 unspecified atom stereocenters. The zero-order valence-electron chi connectivity index (χ0n) is 19.8. The molecule has 3 aromatic heterocycles. The van der Waals surface area contributed by atoms with E-state index in [-0.39, 0.29) is 6.42 Å². The molecule has 0 aromatic carbocycles. The molecule has 0 fully saturated rings. The zero-order chi connectivity index (χ0) is 25.0. The van der Waals surface area contributed by atoms with Gasteiger partial charge in [-0.1, -0.05) is 6.42 Å². The van der Waals surface area contributed by atoms with Gasteiger partial charge < -0.3 is 19.4 Å². The van der Waals surface area contributed by atoms with Crippen molar-refractivity contribution in [3.05, 3.63) is 42.6 Å². The summed E-state index contributed by atoms with van der Waals surface area (Å²) in [4.78, 5) is 27.8. The minimum absolute atomic E-state index is 0.157. The topological polar surface area (TPSA) is 84.6 Å². The number of urea groups is 1. The fourth-order valence-corrected chi connectivity index (χ4v) is 4.09. The third-order valence-electron chi connectivity index (χ3n) is 6.29. The van der Waals surface area contributed by atoms with E-state index in [4.69, 9.17) is 4.74 Å². The second kappa shape index (κ2) is 10.5. The molecule has 1 aliphatic rings. The maximum absolute atomic E-state index is 12.9. The van der Waals surface area contributed by atoms with Crippen LogP contribution in [0.2, 0.25) is 0 Å². The first-order valence-electron chi connectivity index (χ1n) is 11.7. The largest absolute Gasteiger partial charge is 0.475 e. The standard InChI is InChI=1S/C24H29F3N6O2/c1-16-19-14-17(8-10-28-19)20-15-33-12-11-29-21(33)22(31-20)35-13-5-3-4-6-18(7-9-24(25,26)27)30-23(34)32(16)2/h8,10-12,14-16,18H,3-7,9,13H2,1-2H3,(H,30,34)/t16-,18-/m1/s1. The molecular weight excluding hydrogens is 461 g/mol. The number of halogens is 3. The van der Waals surface area contributed by atoms with Crippen molar-refractivity contribution in [2.24, 2.45) is 0 Å². The summed E-state index contributed by atoms with van der Waals surface area (Å²) in [6.45, 7) is 2.23. The molecule has 4 bridgehead atoms. The number of nitrogens with one attached hydrogen (secondary N) is 1. The van der Waals surface area contributed by atoms with Gasteiger partial charge in [0.1, 0.15) is 0 Å². The number of hydrogen-bond acceptors (Lipinski definition) is 5. The van der Waals surface area contributed by atoms with E-state index in [1.807, 2.05) is 35.9 Å². The first-order chi connectivity index (χ1) is 16.7. The lowest BCUT2D eigenvalue weighted by Gasteiger charge is -2.28. The average molecular weight is 491 g/mol. The van der Waals surface area contributed by atoms with Crippen molar-refractivity contribution in [2.75, 3.05) is 13.7 Å². The lowest BCUT2D eigenvalue weighted by Crippen LogP contribution is -2.44. The summed E-state index contributed by atoms with van der Waals surface area (Å²) >= 11 is 0. The number of pyridine rings is 1. The highest BCUT2D eigenvalue weighted by Crippen LogP contribution is 2.27. The maximum atomic E-state index is 12.9. The molecule has 0 radical (unpaired) electrons. The van der Waals surface area contributed by atoms with Crippen LogP contribution in [-0.4, -0.2) is 56.2 Å². The number of nitrogens with zero attached hydrogens (tertiary/aromatic N) is 5. The predicted octanol–water partition coefficient (Wildman–Crippen LogP) is 5.16. The van der Waals surface area contributed by atoms with Crippen molar-refractivity contribution in [1.29, 1.82) is 0 Å². The van der Waals surface area contributed by atoms with E-state index in [1.54, 1.807) is 19.4 Å². The summed E-state index contributed by atoms with van der Waals surface area (Å²) in [7, 11) is 1.62. The van der Waals surface area contributed by atoms with Gasteiger partial charge in [-0.2, -0.15) is 13.2 Å². The van der Waals surface area contributed by atoms with Crippen LogP contribution in [0.15, 0.2) is 36.9 Å². The minimum atomic E-state index is -4.27. The fraction of sp³-hybridized carbons (Fsp3) is 0.500. The van der Waals surface area contributed by atoms with Crippen LogP contribution in [0, 0.1) is 0 Å². The Balaban J connectivity index is 1.64. The Morgan fingerprint density at radius 2 is 2.03 bits per heavy atom. The second-order valence-electron chi connectivity index (χ2n) is 8.84. The lowest BCUT2D eigenvalue weighted by atomic mass is 10.0. The van der Waals surface area contributed by atoms with Crippen LogP contribution in [0.1, 0.15) is 57.2 Å². The summed E-state index contributed by atoms with van der Waals surface area (Å²) in [5.74, 6) is 0.417.